The number of nitrogens with one attached hydrogen (secondary N) is 1. The van der Waals surface area contributed by atoms with E-state index in [1.54, 1.807) is 0 Å². The first-order valence-corrected chi connectivity index (χ1v) is 7.10. The summed E-state index contributed by atoms with van der Waals surface area (Å²) in [5.74, 6) is 0.0611. The highest BCUT2D eigenvalue weighted by molar-refractivity contribution is 14.1. The van der Waals surface area contributed by atoms with Crippen LogP contribution in [0.2, 0.25) is 0 Å². The van der Waals surface area contributed by atoms with Gasteiger partial charge in [-0.25, -0.2) is 0 Å². The molecule has 0 bridgehead atoms. The highest BCUT2D eigenvalue weighted by atomic mass is 127. The van der Waals surface area contributed by atoms with Crippen molar-refractivity contribution in [3.63, 3.8) is 0 Å². The van der Waals surface area contributed by atoms with Crippen LogP contribution in [-0.4, -0.2) is 17.6 Å². The second-order valence-corrected chi connectivity index (χ2v) is 7.27. The third-order valence-electron chi connectivity index (χ3n) is 4.15. The smallest absolute Gasteiger partial charge is 0.234 e. The van der Waals surface area contributed by atoms with E-state index in [2.05, 4.69) is 31.2 Å². The Kier molecular flexibility index (Phi) is 5.92. The summed E-state index contributed by atoms with van der Waals surface area (Å²) in [6, 6.07) is 0. The average Bonchev–Trinajstić information content (AvgIpc) is 2.14. The molecule has 0 aromatic heterocycles. The van der Waals surface area contributed by atoms with E-state index in [-0.39, 0.29) is 23.3 Å². The molecule has 0 atom stereocenters. The van der Waals surface area contributed by atoms with E-state index in [1.807, 2.05) is 36.7 Å². The van der Waals surface area contributed by atoms with Gasteiger partial charge in [0.1, 0.15) is 0 Å². The molecular formula is C13H26INO2. The van der Waals surface area contributed by atoms with Gasteiger partial charge in [-0.2, -0.15) is 0 Å². The summed E-state index contributed by atoms with van der Waals surface area (Å²) in [6.45, 7) is 12.8. The molecule has 0 fully saturated rings. The van der Waals surface area contributed by atoms with Crippen LogP contribution in [0.5, 0.6) is 0 Å². The Morgan fingerprint density at radius 2 is 1.59 bits per heavy atom. The zero-order chi connectivity index (χ0) is 13.9. The maximum Gasteiger partial charge on any atom is 0.234 e. The first kappa shape index (κ1) is 17.2. The predicted molar refractivity (Wildman–Crippen MR) is 79.8 cm³/mol. The second kappa shape index (κ2) is 5.87. The molecule has 0 spiro atoms. The molecule has 0 aromatic rings. The summed E-state index contributed by atoms with van der Waals surface area (Å²) in [5.41, 5.74) is -0.398. The standard InChI is InChI=1S/C13H26INO2/c1-11(2,10(17)15-14)9-13(5,6)12(3,4)7-8-16/h16H,7-9H2,1-6H3,(H,15,17). The van der Waals surface area contributed by atoms with Crippen molar-refractivity contribution in [1.29, 1.82) is 0 Å². The van der Waals surface area contributed by atoms with Gasteiger partial charge in [-0.1, -0.05) is 41.5 Å². The minimum Gasteiger partial charge on any atom is -0.396 e. The SMILES string of the molecule is CC(C)(CC(C)(C)C(C)(C)CCO)C(=O)NI. The quantitative estimate of drug-likeness (QED) is 0.567. The van der Waals surface area contributed by atoms with Crippen LogP contribution in [0.4, 0.5) is 0 Å². The van der Waals surface area contributed by atoms with Crippen molar-refractivity contribution >= 4 is 28.8 Å². The zero-order valence-electron chi connectivity index (χ0n) is 11.9. The molecule has 0 rings (SSSR count). The highest BCUT2D eigenvalue weighted by Crippen LogP contribution is 2.48. The van der Waals surface area contributed by atoms with Crippen molar-refractivity contribution in [1.82, 2.24) is 3.53 Å². The maximum absolute atomic E-state index is 11.8. The third-order valence-corrected chi connectivity index (χ3v) is 4.64. The fourth-order valence-corrected chi connectivity index (χ4v) is 2.90. The van der Waals surface area contributed by atoms with E-state index in [9.17, 15) is 4.79 Å². The van der Waals surface area contributed by atoms with Gasteiger partial charge in [-0.15, -0.1) is 0 Å². The number of aliphatic hydroxyl groups excluding tert-OH is 1. The lowest BCUT2D eigenvalue weighted by molar-refractivity contribution is -0.129. The number of hydrogen-bond donors (Lipinski definition) is 2. The molecule has 0 saturated heterocycles. The molecule has 2 N–H and O–H groups in total. The van der Waals surface area contributed by atoms with Gasteiger partial charge in [0.2, 0.25) is 5.91 Å². The minimum atomic E-state index is -0.391. The van der Waals surface area contributed by atoms with Crippen molar-refractivity contribution in [2.75, 3.05) is 6.61 Å². The fraction of sp³-hybridized carbons (Fsp3) is 0.923. The zero-order valence-corrected chi connectivity index (χ0v) is 14.0. The van der Waals surface area contributed by atoms with Crippen LogP contribution in [0.25, 0.3) is 0 Å². The van der Waals surface area contributed by atoms with Crippen LogP contribution in [0.15, 0.2) is 0 Å². The Hall–Kier alpha value is 0.160. The first-order valence-electron chi connectivity index (χ1n) is 6.02. The lowest BCUT2D eigenvalue weighted by Gasteiger charge is -2.45. The lowest BCUT2D eigenvalue weighted by Crippen LogP contribution is -2.42. The Bertz CT molecular complexity index is 273. The van der Waals surface area contributed by atoms with Crippen LogP contribution >= 0.6 is 22.9 Å². The number of carbonyl (C=O) groups is 1. The summed E-state index contributed by atoms with van der Waals surface area (Å²) in [6.07, 6.45) is 1.55. The molecule has 3 nitrogen and oxygen atoms in total. The largest absolute Gasteiger partial charge is 0.396 e. The minimum absolute atomic E-state index is 0.00454. The number of aliphatic hydroxyl groups is 1. The Balaban J connectivity index is 4.92. The molecule has 0 unspecified atom stereocenters. The number of hydrogen-bond acceptors (Lipinski definition) is 2. The lowest BCUT2D eigenvalue weighted by atomic mass is 9.60. The number of rotatable bonds is 6. The maximum atomic E-state index is 11.8. The predicted octanol–water partition coefficient (Wildman–Crippen LogP) is 3.30. The van der Waals surface area contributed by atoms with Gasteiger partial charge in [0.15, 0.2) is 0 Å². The number of halogens is 1. The van der Waals surface area contributed by atoms with Crippen molar-refractivity contribution in [2.24, 2.45) is 16.2 Å². The monoisotopic (exact) mass is 355 g/mol. The van der Waals surface area contributed by atoms with E-state index >= 15 is 0 Å². The van der Waals surface area contributed by atoms with Gasteiger partial charge in [-0.05, 0) is 23.7 Å². The van der Waals surface area contributed by atoms with Crippen LogP contribution < -0.4 is 3.53 Å². The van der Waals surface area contributed by atoms with Crippen LogP contribution in [0, 0.1) is 16.2 Å². The average molecular weight is 355 g/mol. The van der Waals surface area contributed by atoms with Gasteiger partial charge in [0.05, 0.1) is 22.9 Å². The Labute approximate surface area is 119 Å². The van der Waals surface area contributed by atoms with E-state index in [0.717, 1.165) is 12.8 Å². The number of amides is 1. The van der Waals surface area contributed by atoms with Gasteiger partial charge in [-0.3, -0.25) is 8.32 Å². The molecule has 0 radical (unpaired) electrons. The van der Waals surface area contributed by atoms with Crippen molar-refractivity contribution in [3.05, 3.63) is 0 Å². The van der Waals surface area contributed by atoms with E-state index in [0.29, 0.717) is 0 Å². The molecule has 0 aliphatic heterocycles. The first-order chi connectivity index (χ1) is 7.50. The van der Waals surface area contributed by atoms with Crippen molar-refractivity contribution in [3.8, 4) is 0 Å². The molecule has 0 heterocycles. The van der Waals surface area contributed by atoms with Crippen LogP contribution in [-0.2, 0) is 4.79 Å². The topological polar surface area (TPSA) is 49.3 Å². The molecular weight excluding hydrogens is 329 g/mol. The third kappa shape index (κ3) is 4.39. The summed E-state index contributed by atoms with van der Waals surface area (Å²) in [7, 11) is 0. The van der Waals surface area contributed by atoms with Crippen molar-refractivity contribution < 1.29 is 9.90 Å². The molecule has 0 aliphatic carbocycles. The van der Waals surface area contributed by atoms with E-state index < -0.39 is 5.41 Å². The molecule has 17 heavy (non-hydrogen) atoms. The van der Waals surface area contributed by atoms with Gasteiger partial charge in [0.25, 0.3) is 0 Å². The molecule has 0 aromatic carbocycles. The second-order valence-electron chi connectivity index (χ2n) is 6.73. The normalized spacial score (nSPS) is 13.6. The van der Waals surface area contributed by atoms with Gasteiger partial charge < -0.3 is 5.11 Å². The molecule has 4 heteroatoms. The van der Waals surface area contributed by atoms with Crippen LogP contribution in [0.1, 0.15) is 54.4 Å². The Morgan fingerprint density at radius 1 is 1.12 bits per heavy atom. The van der Waals surface area contributed by atoms with E-state index in [4.69, 9.17) is 5.11 Å². The molecule has 102 valence electrons. The molecule has 0 aliphatic rings. The van der Waals surface area contributed by atoms with E-state index in [1.165, 1.54) is 0 Å². The number of carbonyl (C=O) groups excluding carboxylic acids is 1. The molecule has 1 amide bonds. The van der Waals surface area contributed by atoms with Gasteiger partial charge >= 0.3 is 0 Å². The summed E-state index contributed by atoms with van der Waals surface area (Å²) in [5, 5.41) is 9.14. The fourth-order valence-electron chi connectivity index (χ4n) is 2.17. The van der Waals surface area contributed by atoms with Crippen LogP contribution in [0.3, 0.4) is 0 Å². The highest BCUT2D eigenvalue weighted by Gasteiger charge is 2.42. The summed E-state index contributed by atoms with van der Waals surface area (Å²) >= 11 is 1.89. The molecule has 0 saturated carbocycles. The summed E-state index contributed by atoms with van der Waals surface area (Å²) < 4.78 is 2.69. The van der Waals surface area contributed by atoms with Crippen molar-refractivity contribution in [2.45, 2.75) is 54.4 Å². The Morgan fingerprint density at radius 3 is 1.94 bits per heavy atom. The summed E-state index contributed by atoms with van der Waals surface area (Å²) in [4.78, 5) is 11.8. The van der Waals surface area contributed by atoms with Gasteiger partial charge in [0, 0.05) is 12.0 Å².